The third-order valence-corrected chi connectivity index (χ3v) is 5.85. The minimum atomic E-state index is -3.66. The van der Waals surface area contributed by atoms with Crippen molar-refractivity contribution in [3.8, 4) is 0 Å². The quantitative estimate of drug-likeness (QED) is 0.262. The van der Waals surface area contributed by atoms with Crippen LogP contribution in [0.5, 0.6) is 0 Å². The van der Waals surface area contributed by atoms with Crippen molar-refractivity contribution in [2.24, 2.45) is 10.7 Å². The molecule has 0 atom stereocenters. The smallest absolute Gasteiger partial charge is 0.213 e. The van der Waals surface area contributed by atoms with Crippen LogP contribution in [-0.4, -0.2) is 59.8 Å². The van der Waals surface area contributed by atoms with Gasteiger partial charge in [-0.2, -0.15) is 0 Å². The first-order chi connectivity index (χ1) is 16.8. The number of sulfonamides is 1. The van der Waals surface area contributed by atoms with E-state index < -0.39 is 21.7 Å². The molecule has 0 spiro atoms. The second-order valence-electron chi connectivity index (χ2n) is 7.03. The van der Waals surface area contributed by atoms with Gasteiger partial charge in [-0.3, -0.25) is 4.99 Å². The summed E-state index contributed by atoms with van der Waals surface area (Å²) in [5, 5.41) is 15.1. The van der Waals surface area contributed by atoms with E-state index in [0.717, 1.165) is 6.20 Å². The van der Waals surface area contributed by atoms with Gasteiger partial charge in [-0.15, -0.1) is 0 Å². The topological polar surface area (TPSA) is 169 Å². The van der Waals surface area contributed by atoms with E-state index in [4.69, 9.17) is 15.4 Å². The fourth-order valence-corrected chi connectivity index (χ4v) is 3.68. The normalized spacial score (nSPS) is 12.7. The number of nitrogens with zero attached hydrogens (tertiary/aromatic N) is 4. The van der Waals surface area contributed by atoms with Crippen LogP contribution < -0.4 is 15.8 Å². The molecule has 3 rings (SSSR count). The summed E-state index contributed by atoms with van der Waals surface area (Å²) >= 11 is 0. The van der Waals surface area contributed by atoms with Gasteiger partial charge in [0.25, 0.3) is 0 Å². The van der Waals surface area contributed by atoms with E-state index in [2.05, 4.69) is 30.2 Å². The van der Waals surface area contributed by atoms with E-state index in [1.54, 1.807) is 18.2 Å². The summed E-state index contributed by atoms with van der Waals surface area (Å²) in [5.74, 6) is -1.92. The molecule has 0 aliphatic carbocycles. The Labute approximate surface area is 199 Å². The van der Waals surface area contributed by atoms with Crippen LogP contribution in [-0.2, 0) is 16.6 Å². The van der Waals surface area contributed by atoms with Crippen LogP contribution in [0.3, 0.4) is 0 Å². The first-order valence-electron chi connectivity index (χ1n) is 10.3. The first kappa shape index (κ1) is 25.9. The lowest BCUT2D eigenvalue weighted by Gasteiger charge is -2.09. The number of aromatic nitrogens is 3. The van der Waals surface area contributed by atoms with Gasteiger partial charge in [0.05, 0.1) is 36.5 Å². The van der Waals surface area contributed by atoms with Crippen LogP contribution in [0.15, 0.2) is 58.4 Å². The SMILES string of the molecule is NC(=CC(=NCc1ccccc1F)c1ccon1)c1ncc(F)c(NCCS(=O)(=O)NCCO)n1. The number of anilines is 1. The van der Waals surface area contributed by atoms with Crippen molar-refractivity contribution in [2.75, 3.05) is 30.8 Å². The van der Waals surface area contributed by atoms with Gasteiger partial charge in [-0.25, -0.2) is 31.9 Å². The Hall–Kier alpha value is -3.75. The number of nitrogens with one attached hydrogen (secondary N) is 2. The maximum absolute atomic E-state index is 14.2. The lowest BCUT2D eigenvalue weighted by Crippen LogP contribution is -2.31. The number of nitrogens with two attached hydrogens (primary N) is 1. The van der Waals surface area contributed by atoms with E-state index >= 15 is 0 Å². The first-order valence-corrected chi connectivity index (χ1v) is 11.9. The zero-order valence-electron chi connectivity index (χ0n) is 18.4. The molecule has 2 heterocycles. The minimum absolute atomic E-state index is 0.000526. The largest absolute Gasteiger partial charge is 0.396 e. The fraction of sp³-hybridized carbons (Fsp3) is 0.238. The molecule has 14 heteroatoms. The zero-order chi connectivity index (χ0) is 25.3. The van der Waals surface area contributed by atoms with Crippen molar-refractivity contribution in [2.45, 2.75) is 6.54 Å². The van der Waals surface area contributed by atoms with Gasteiger partial charge in [0.1, 0.15) is 17.8 Å². The highest BCUT2D eigenvalue weighted by Crippen LogP contribution is 2.14. The molecule has 11 nitrogen and oxygen atoms in total. The van der Waals surface area contributed by atoms with Gasteiger partial charge in [-0.1, -0.05) is 23.4 Å². The second-order valence-corrected chi connectivity index (χ2v) is 8.96. The highest BCUT2D eigenvalue weighted by Gasteiger charge is 2.14. The summed E-state index contributed by atoms with van der Waals surface area (Å²) in [4.78, 5) is 12.2. The third-order valence-electron chi connectivity index (χ3n) is 4.47. The Bertz CT molecular complexity index is 1300. The van der Waals surface area contributed by atoms with E-state index in [-0.39, 0.29) is 55.0 Å². The van der Waals surface area contributed by atoms with Crippen molar-refractivity contribution in [3.63, 3.8) is 0 Å². The highest BCUT2D eigenvalue weighted by atomic mass is 32.2. The Balaban J connectivity index is 1.79. The monoisotopic (exact) mass is 507 g/mol. The number of allylic oxidation sites excluding steroid dienone is 1. The Kier molecular flexibility index (Phi) is 8.94. The molecule has 0 unspecified atom stereocenters. The number of rotatable bonds is 12. The molecule has 0 radical (unpaired) electrons. The van der Waals surface area contributed by atoms with Crippen LogP contribution in [0.2, 0.25) is 0 Å². The lowest BCUT2D eigenvalue weighted by molar-refractivity contribution is 0.301. The van der Waals surface area contributed by atoms with Crippen molar-refractivity contribution in [1.29, 1.82) is 0 Å². The van der Waals surface area contributed by atoms with E-state index in [1.165, 1.54) is 24.5 Å². The average molecular weight is 508 g/mol. The maximum Gasteiger partial charge on any atom is 0.213 e. The van der Waals surface area contributed by atoms with E-state index in [1.807, 2.05) is 0 Å². The Morgan fingerprint density at radius 1 is 1.20 bits per heavy atom. The summed E-state index contributed by atoms with van der Waals surface area (Å²) < 4.78 is 58.7. The van der Waals surface area contributed by atoms with Crippen LogP contribution in [0.1, 0.15) is 17.1 Å². The molecule has 0 bridgehead atoms. The lowest BCUT2D eigenvalue weighted by atomic mass is 10.2. The number of halogens is 2. The summed E-state index contributed by atoms with van der Waals surface area (Å²) in [5.41, 5.74) is 7.05. The van der Waals surface area contributed by atoms with Crippen molar-refractivity contribution >= 4 is 27.2 Å². The number of aliphatic hydroxyl groups excluding tert-OH is 1. The summed E-state index contributed by atoms with van der Waals surface area (Å²) in [7, 11) is -3.66. The van der Waals surface area contributed by atoms with Crippen LogP contribution in [0.4, 0.5) is 14.6 Å². The molecule has 0 amide bonds. The summed E-state index contributed by atoms with van der Waals surface area (Å²) in [6.07, 6.45) is 3.60. The maximum atomic E-state index is 14.2. The predicted octanol–water partition coefficient (Wildman–Crippen LogP) is 1.06. The van der Waals surface area contributed by atoms with Crippen LogP contribution >= 0.6 is 0 Å². The Morgan fingerprint density at radius 3 is 2.71 bits per heavy atom. The molecule has 35 heavy (non-hydrogen) atoms. The fourth-order valence-electron chi connectivity index (χ4n) is 2.76. The van der Waals surface area contributed by atoms with Gasteiger partial charge < -0.3 is 20.7 Å². The molecule has 186 valence electrons. The van der Waals surface area contributed by atoms with Crippen molar-refractivity contribution in [1.82, 2.24) is 19.8 Å². The predicted molar refractivity (Wildman–Crippen MR) is 125 cm³/mol. The van der Waals surface area contributed by atoms with Gasteiger partial charge in [-0.05, 0) is 12.1 Å². The second kappa shape index (κ2) is 12.1. The number of hydrogen-bond donors (Lipinski definition) is 4. The molecule has 0 fully saturated rings. The molecular weight excluding hydrogens is 484 g/mol. The molecule has 0 aliphatic rings. The molecule has 3 aromatic rings. The molecule has 5 N–H and O–H groups in total. The molecule has 0 saturated carbocycles. The van der Waals surface area contributed by atoms with Crippen LogP contribution in [0, 0.1) is 11.6 Å². The van der Waals surface area contributed by atoms with Gasteiger partial charge in [0, 0.05) is 24.7 Å². The highest BCUT2D eigenvalue weighted by molar-refractivity contribution is 7.89. The summed E-state index contributed by atoms with van der Waals surface area (Å²) in [6.45, 7) is -0.634. The van der Waals surface area contributed by atoms with Gasteiger partial charge >= 0.3 is 0 Å². The van der Waals surface area contributed by atoms with Gasteiger partial charge in [0.2, 0.25) is 10.0 Å². The third kappa shape index (κ3) is 7.63. The summed E-state index contributed by atoms with van der Waals surface area (Å²) in [6, 6.07) is 7.69. The number of aliphatic hydroxyl groups is 1. The average Bonchev–Trinajstić information content (AvgIpc) is 3.37. The van der Waals surface area contributed by atoms with E-state index in [9.17, 15) is 17.2 Å². The molecule has 2 aromatic heterocycles. The molecule has 0 aliphatic heterocycles. The van der Waals surface area contributed by atoms with Crippen LogP contribution in [0.25, 0.3) is 5.70 Å². The molecular formula is C21H23F2N7O4S. The zero-order valence-corrected chi connectivity index (χ0v) is 19.2. The van der Waals surface area contributed by atoms with Crippen molar-refractivity contribution in [3.05, 3.63) is 77.6 Å². The van der Waals surface area contributed by atoms with Gasteiger partial charge in [0.15, 0.2) is 17.5 Å². The Morgan fingerprint density at radius 2 is 2.00 bits per heavy atom. The number of aliphatic imine (C=N–C) groups is 1. The molecule has 1 aromatic carbocycles. The molecule has 0 saturated heterocycles. The standard InChI is InChI=1S/C21H23F2N7O4S/c22-15-4-2-1-3-14(15)12-26-19(18-5-9-34-30-18)11-17(24)21-27-13-16(23)20(29-21)25-7-10-35(32,33)28-6-8-31/h1-5,9,11,13,28,31H,6-8,10,12,24H2,(H,25,27,29). The number of hydrogen-bond acceptors (Lipinski definition) is 10. The van der Waals surface area contributed by atoms with E-state index in [0.29, 0.717) is 11.3 Å². The minimum Gasteiger partial charge on any atom is -0.396 e. The number of benzene rings is 1. The van der Waals surface area contributed by atoms with Crippen molar-refractivity contribution < 1.29 is 26.8 Å².